The van der Waals surface area contributed by atoms with Crippen molar-refractivity contribution in [3.63, 3.8) is 0 Å². The molecule has 0 aliphatic carbocycles. The molecule has 0 aromatic heterocycles. The van der Waals surface area contributed by atoms with Crippen LogP contribution in [-0.4, -0.2) is 46.2 Å². The maximum atomic E-state index is 5.30. The topological polar surface area (TPSA) is 65.7 Å². The van der Waals surface area contributed by atoms with Crippen LogP contribution in [0.1, 0.15) is 19.8 Å². The highest BCUT2D eigenvalue weighted by molar-refractivity contribution is 4.38. The molecule has 15 heavy (non-hydrogen) atoms. The van der Waals surface area contributed by atoms with Gasteiger partial charge in [-0.15, -0.1) is 0 Å². The SMILES string of the molecule is CCCOCCOCCOCCCNN. The molecule has 3 N–H and O–H groups in total. The molecule has 0 spiro atoms. The normalized spacial score (nSPS) is 10.8. The van der Waals surface area contributed by atoms with E-state index >= 15 is 0 Å². The Bertz CT molecular complexity index is 103. The molecule has 0 saturated heterocycles. The Kier molecular flexibility index (Phi) is 13.6. The van der Waals surface area contributed by atoms with E-state index < -0.39 is 0 Å². The second-order valence-electron chi connectivity index (χ2n) is 3.14. The Hall–Kier alpha value is -0.200. The van der Waals surface area contributed by atoms with Crippen LogP contribution < -0.4 is 11.3 Å². The average Bonchev–Trinajstić information content (AvgIpc) is 2.26. The van der Waals surface area contributed by atoms with Gasteiger partial charge >= 0.3 is 0 Å². The Morgan fingerprint density at radius 1 is 0.867 bits per heavy atom. The first kappa shape index (κ1) is 14.8. The van der Waals surface area contributed by atoms with Gasteiger partial charge in [-0.05, 0) is 12.8 Å². The van der Waals surface area contributed by atoms with E-state index in [0.29, 0.717) is 26.4 Å². The molecule has 92 valence electrons. The maximum Gasteiger partial charge on any atom is 0.0701 e. The van der Waals surface area contributed by atoms with Gasteiger partial charge in [-0.3, -0.25) is 11.3 Å². The minimum atomic E-state index is 0.630. The van der Waals surface area contributed by atoms with Gasteiger partial charge in [0, 0.05) is 19.8 Å². The van der Waals surface area contributed by atoms with Gasteiger partial charge in [0.25, 0.3) is 0 Å². The van der Waals surface area contributed by atoms with Gasteiger partial charge < -0.3 is 14.2 Å². The quantitative estimate of drug-likeness (QED) is 0.281. The van der Waals surface area contributed by atoms with Crippen LogP contribution >= 0.6 is 0 Å². The fourth-order valence-corrected chi connectivity index (χ4v) is 0.963. The van der Waals surface area contributed by atoms with Crippen molar-refractivity contribution in [2.45, 2.75) is 19.8 Å². The molecular formula is C10H24N2O3. The van der Waals surface area contributed by atoms with Gasteiger partial charge in [0.05, 0.1) is 26.4 Å². The van der Waals surface area contributed by atoms with E-state index in [1.54, 1.807) is 0 Å². The van der Waals surface area contributed by atoms with E-state index in [1.165, 1.54) is 0 Å². The Balaban J connectivity index is 2.81. The van der Waals surface area contributed by atoms with Crippen LogP contribution in [0.25, 0.3) is 0 Å². The van der Waals surface area contributed by atoms with Crippen molar-refractivity contribution in [2.24, 2.45) is 5.84 Å². The number of hydrazine groups is 1. The number of nitrogens with one attached hydrogen (secondary N) is 1. The number of rotatable bonds is 12. The first-order valence-electron chi connectivity index (χ1n) is 5.58. The average molecular weight is 220 g/mol. The fraction of sp³-hybridized carbons (Fsp3) is 1.00. The van der Waals surface area contributed by atoms with Gasteiger partial charge in [-0.2, -0.15) is 0 Å². The minimum absolute atomic E-state index is 0.630. The highest BCUT2D eigenvalue weighted by atomic mass is 16.5. The lowest BCUT2D eigenvalue weighted by atomic mass is 10.5. The van der Waals surface area contributed by atoms with Crippen molar-refractivity contribution in [3.05, 3.63) is 0 Å². The predicted octanol–water partition coefficient (Wildman–Crippen LogP) is 0.300. The zero-order chi connectivity index (χ0) is 11.2. The smallest absolute Gasteiger partial charge is 0.0701 e. The van der Waals surface area contributed by atoms with E-state index in [9.17, 15) is 0 Å². The maximum absolute atomic E-state index is 5.30. The van der Waals surface area contributed by atoms with Crippen LogP contribution in [0, 0.1) is 0 Å². The molecule has 5 heteroatoms. The summed E-state index contributed by atoms with van der Waals surface area (Å²) < 4.78 is 15.9. The van der Waals surface area contributed by atoms with Crippen molar-refractivity contribution in [1.82, 2.24) is 5.43 Å². The van der Waals surface area contributed by atoms with E-state index in [0.717, 1.165) is 32.6 Å². The lowest BCUT2D eigenvalue weighted by molar-refractivity contribution is 0.0143. The predicted molar refractivity (Wildman–Crippen MR) is 59.6 cm³/mol. The number of ether oxygens (including phenoxy) is 3. The second kappa shape index (κ2) is 13.8. The Labute approximate surface area is 92.2 Å². The lowest BCUT2D eigenvalue weighted by Gasteiger charge is -2.06. The van der Waals surface area contributed by atoms with E-state index in [-0.39, 0.29) is 0 Å². The summed E-state index contributed by atoms with van der Waals surface area (Å²) in [6.07, 6.45) is 1.98. The van der Waals surface area contributed by atoms with E-state index in [2.05, 4.69) is 12.3 Å². The van der Waals surface area contributed by atoms with Crippen LogP contribution in [-0.2, 0) is 14.2 Å². The molecule has 0 atom stereocenters. The lowest BCUT2D eigenvalue weighted by Crippen LogP contribution is -2.24. The number of hydrogen-bond acceptors (Lipinski definition) is 5. The third kappa shape index (κ3) is 13.8. The molecule has 0 aromatic rings. The van der Waals surface area contributed by atoms with E-state index in [4.69, 9.17) is 20.1 Å². The van der Waals surface area contributed by atoms with Crippen molar-refractivity contribution >= 4 is 0 Å². The molecule has 0 aliphatic heterocycles. The van der Waals surface area contributed by atoms with Gasteiger partial charge in [-0.25, -0.2) is 0 Å². The van der Waals surface area contributed by atoms with Crippen LogP contribution in [0.15, 0.2) is 0 Å². The van der Waals surface area contributed by atoms with Crippen LogP contribution in [0.2, 0.25) is 0 Å². The first-order valence-corrected chi connectivity index (χ1v) is 5.58. The van der Waals surface area contributed by atoms with Crippen molar-refractivity contribution in [1.29, 1.82) is 0 Å². The largest absolute Gasteiger partial charge is 0.379 e. The monoisotopic (exact) mass is 220 g/mol. The Morgan fingerprint density at radius 2 is 1.40 bits per heavy atom. The molecular weight excluding hydrogens is 196 g/mol. The molecule has 0 saturated carbocycles. The highest BCUT2D eigenvalue weighted by Gasteiger charge is 1.90. The molecule has 0 amide bonds. The summed E-state index contributed by atoms with van der Waals surface area (Å²) in [5.41, 5.74) is 2.57. The van der Waals surface area contributed by atoms with Gasteiger partial charge in [0.15, 0.2) is 0 Å². The number of hydrogen-bond donors (Lipinski definition) is 2. The molecule has 0 bridgehead atoms. The van der Waals surface area contributed by atoms with Gasteiger partial charge in [0.1, 0.15) is 0 Å². The summed E-state index contributed by atoms with van der Waals surface area (Å²) >= 11 is 0. The standard InChI is InChI=1S/C10H24N2O3/c1-2-5-13-7-9-15-10-8-14-6-3-4-12-11/h12H,2-11H2,1H3. The number of nitrogens with two attached hydrogens (primary N) is 1. The summed E-state index contributed by atoms with van der Waals surface area (Å²) in [6.45, 7) is 6.99. The van der Waals surface area contributed by atoms with Crippen molar-refractivity contribution in [2.75, 3.05) is 46.2 Å². The van der Waals surface area contributed by atoms with Crippen LogP contribution in [0.3, 0.4) is 0 Å². The molecule has 0 aliphatic rings. The minimum Gasteiger partial charge on any atom is -0.379 e. The van der Waals surface area contributed by atoms with Crippen LogP contribution in [0.5, 0.6) is 0 Å². The molecule has 0 rings (SSSR count). The second-order valence-corrected chi connectivity index (χ2v) is 3.14. The molecule has 0 radical (unpaired) electrons. The van der Waals surface area contributed by atoms with Gasteiger partial charge in [0.2, 0.25) is 0 Å². The molecule has 0 fully saturated rings. The van der Waals surface area contributed by atoms with Crippen molar-refractivity contribution < 1.29 is 14.2 Å². The summed E-state index contributed by atoms with van der Waals surface area (Å²) in [7, 11) is 0. The van der Waals surface area contributed by atoms with Gasteiger partial charge in [-0.1, -0.05) is 6.92 Å². The first-order chi connectivity index (χ1) is 7.41. The molecule has 0 heterocycles. The molecule has 5 nitrogen and oxygen atoms in total. The molecule has 0 aromatic carbocycles. The van der Waals surface area contributed by atoms with E-state index in [1.807, 2.05) is 0 Å². The summed E-state index contributed by atoms with van der Waals surface area (Å²) in [5.74, 6) is 5.10. The Morgan fingerprint density at radius 3 is 1.93 bits per heavy atom. The zero-order valence-corrected chi connectivity index (χ0v) is 9.67. The third-order valence-corrected chi connectivity index (χ3v) is 1.70. The zero-order valence-electron chi connectivity index (χ0n) is 9.67. The third-order valence-electron chi connectivity index (χ3n) is 1.70. The summed E-state index contributed by atoms with van der Waals surface area (Å²) in [5, 5.41) is 0. The summed E-state index contributed by atoms with van der Waals surface area (Å²) in [6, 6.07) is 0. The fourth-order valence-electron chi connectivity index (χ4n) is 0.963. The highest BCUT2D eigenvalue weighted by Crippen LogP contribution is 1.84. The molecule has 0 unspecified atom stereocenters. The summed E-state index contributed by atoms with van der Waals surface area (Å²) in [4.78, 5) is 0. The van der Waals surface area contributed by atoms with Crippen molar-refractivity contribution in [3.8, 4) is 0 Å². The van der Waals surface area contributed by atoms with Crippen LogP contribution in [0.4, 0.5) is 0 Å².